The van der Waals surface area contributed by atoms with E-state index in [-0.39, 0.29) is 18.4 Å². The maximum Gasteiger partial charge on any atom is 0.244 e. The predicted octanol–water partition coefficient (Wildman–Crippen LogP) is 4.34. The zero-order valence-corrected chi connectivity index (χ0v) is 22.1. The molecule has 186 valence electrons. The van der Waals surface area contributed by atoms with E-state index in [0.717, 1.165) is 10.6 Å². The lowest BCUT2D eigenvalue weighted by Gasteiger charge is -2.33. The summed E-state index contributed by atoms with van der Waals surface area (Å²) in [5, 5.41) is 3.67. The molecule has 0 radical (unpaired) electrons. The molecule has 0 aliphatic heterocycles. The normalized spacial score (nSPS) is 12.3. The first-order valence-corrected chi connectivity index (χ1v) is 13.6. The quantitative estimate of drug-likeness (QED) is 0.470. The van der Waals surface area contributed by atoms with Gasteiger partial charge in [0.1, 0.15) is 12.6 Å². The Morgan fingerprint density at radius 3 is 2.24 bits per heavy atom. The van der Waals surface area contributed by atoms with Gasteiger partial charge in [0.15, 0.2) is 0 Å². The van der Waals surface area contributed by atoms with Gasteiger partial charge in [-0.05, 0) is 42.2 Å². The number of carbonyl (C=O) groups excluding carboxylic acids is 2. The minimum atomic E-state index is -3.77. The van der Waals surface area contributed by atoms with Crippen molar-refractivity contribution in [3.8, 4) is 0 Å². The first-order chi connectivity index (χ1) is 15.9. The van der Waals surface area contributed by atoms with Gasteiger partial charge >= 0.3 is 0 Å². The first-order valence-electron chi connectivity index (χ1n) is 11.0. The van der Waals surface area contributed by atoms with E-state index in [1.165, 1.54) is 4.90 Å². The van der Waals surface area contributed by atoms with Crippen LogP contribution in [0, 0.1) is 5.92 Å². The van der Waals surface area contributed by atoms with E-state index in [1.54, 1.807) is 55.5 Å². The highest BCUT2D eigenvalue weighted by molar-refractivity contribution is 7.92. The Morgan fingerprint density at radius 1 is 1.06 bits per heavy atom. The fourth-order valence-electron chi connectivity index (χ4n) is 3.38. The molecule has 2 aromatic carbocycles. The van der Waals surface area contributed by atoms with Gasteiger partial charge in [0.25, 0.3) is 0 Å². The fourth-order valence-corrected chi connectivity index (χ4v) is 4.70. The van der Waals surface area contributed by atoms with Gasteiger partial charge in [-0.2, -0.15) is 0 Å². The number of anilines is 1. The zero-order valence-electron chi connectivity index (χ0n) is 19.8. The van der Waals surface area contributed by atoms with E-state index in [0.29, 0.717) is 34.3 Å². The SMILES string of the molecule is CC[C@@H](C(=O)NCC(C)C)N(Cc1ccc(Cl)cc1Cl)C(=O)CN(c1ccccc1)S(C)(=O)=O. The monoisotopic (exact) mass is 527 g/mol. The zero-order chi connectivity index (χ0) is 25.5. The van der Waals surface area contributed by atoms with Crippen LogP contribution in [0.4, 0.5) is 5.69 Å². The van der Waals surface area contributed by atoms with Crippen LogP contribution in [0.5, 0.6) is 0 Å². The summed E-state index contributed by atoms with van der Waals surface area (Å²) < 4.78 is 26.1. The lowest BCUT2D eigenvalue weighted by atomic mass is 10.1. The van der Waals surface area contributed by atoms with Crippen LogP contribution in [0.25, 0.3) is 0 Å². The van der Waals surface area contributed by atoms with Crippen LogP contribution in [0.15, 0.2) is 48.5 Å². The Balaban J connectivity index is 2.43. The summed E-state index contributed by atoms with van der Waals surface area (Å²) in [7, 11) is -3.77. The number of nitrogens with zero attached hydrogens (tertiary/aromatic N) is 2. The highest BCUT2D eigenvalue weighted by Gasteiger charge is 2.32. The molecule has 0 aliphatic rings. The van der Waals surface area contributed by atoms with E-state index in [1.807, 2.05) is 13.8 Å². The molecule has 2 amide bonds. The number of para-hydroxylation sites is 1. The lowest BCUT2D eigenvalue weighted by Crippen LogP contribution is -2.52. The third-order valence-electron chi connectivity index (χ3n) is 5.15. The average molecular weight is 529 g/mol. The molecule has 0 aliphatic carbocycles. The van der Waals surface area contributed by atoms with Gasteiger partial charge in [-0.1, -0.05) is 68.2 Å². The first kappa shape index (κ1) is 28.0. The van der Waals surface area contributed by atoms with Crippen molar-refractivity contribution in [2.75, 3.05) is 23.7 Å². The number of amides is 2. The molecule has 0 saturated carbocycles. The van der Waals surface area contributed by atoms with E-state index < -0.39 is 28.5 Å². The molecule has 0 heterocycles. The molecule has 1 N–H and O–H groups in total. The van der Waals surface area contributed by atoms with Gasteiger partial charge in [0.05, 0.1) is 11.9 Å². The maximum atomic E-state index is 13.6. The summed E-state index contributed by atoms with van der Waals surface area (Å²) in [6.45, 7) is 5.77. The highest BCUT2D eigenvalue weighted by Crippen LogP contribution is 2.25. The summed E-state index contributed by atoms with van der Waals surface area (Å²) in [4.78, 5) is 28.0. The number of sulfonamides is 1. The number of hydrogen-bond acceptors (Lipinski definition) is 4. The second-order valence-electron chi connectivity index (χ2n) is 8.43. The molecule has 0 bridgehead atoms. The van der Waals surface area contributed by atoms with Crippen LogP contribution in [0.3, 0.4) is 0 Å². The van der Waals surface area contributed by atoms with Crippen LogP contribution in [-0.4, -0.2) is 50.5 Å². The molecule has 0 fully saturated rings. The molecule has 0 saturated heterocycles. The molecule has 7 nitrogen and oxygen atoms in total. The topological polar surface area (TPSA) is 86.8 Å². The summed E-state index contributed by atoms with van der Waals surface area (Å²) in [6, 6.07) is 12.5. The van der Waals surface area contributed by atoms with Gasteiger partial charge < -0.3 is 10.2 Å². The Bertz CT molecular complexity index is 1090. The number of benzene rings is 2. The van der Waals surface area contributed by atoms with Crippen LogP contribution in [0.2, 0.25) is 10.0 Å². The van der Waals surface area contributed by atoms with Crippen molar-refractivity contribution in [3.63, 3.8) is 0 Å². The van der Waals surface area contributed by atoms with Crippen molar-refractivity contribution in [1.82, 2.24) is 10.2 Å². The number of hydrogen-bond donors (Lipinski definition) is 1. The second-order valence-corrected chi connectivity index (χ2v) is 11.2. The summed E-state index contributed by atoms with van der Waals surface area (Å²) in [5.41, 5.74) is 0.959. The summed E-state index contributed by atoms with van der Waals surface area (Å²) >= 11 is 12.4. The van der Waals surface area contributed by atoms with Crippen molar-refractivity contribution in [2.45, 2.75) is 39.8 Å². The third kappa shape index (κ3) is 7.89. The Kier molecular flexibility index (Phi) is 10.2. The van der Waals surface area contributed by atoms with Crippen LogP contribution in [-0.2, 0) is 26.2 Å². The second kappa shape index (κ2) is 12.4. The minimum Gasteiger partial charge on any atom is -0.354 e. The number of rotatable bonds is 11. The largest absolute Gasteiger partial charge is 0.354 e. The van der Waals surface area contributed by atoms with Gasteiger partial charge in [-0.3, -0.25) is 13.9 Å². The van der Waals surface area contributed by atoms with Crippen molar-refractivity contribution >= 4 is 50.7 Å². The van der Waals surface area contributed by atoms with Gasteiger partial charge in [-0.15, -0.1) is 0 Å². The molecule has 0 spiro atoms. The number of nitrogens with one attached hydrogen (secondary N) is 1. The maximum absolute atomic E-state index is 13.6. The van der Waals surface area contributed by atoms with Gasteiger partial charge in [0.2, 0.25) is 21.8 Å². The highest BCUT2D eigenvalue weighted by atomic mass is 35.5. The van der Waals surface area contributed by atoms with Crippen molar-refractivity contribution in [3.05, 3.63) is 64.1 Å². The standard InChI is InChI=1S/C24H31Cl2N3O4S/c1-5-22(24(31)27-14-17(2)3)28(15-18-11-12-19(25)13-21(18)26)23(30)16-29(34(4,32)33)20-9-7-6-8-10-20/h6-13,17,22H,5,14-16H2,1-4H3,(H,27,31)/t22-/m0/s1. The smallest absolute Gasteiger partial charge is 0.244 e. The minimum absolute atomic E-state index is 0.0227. The molecule has 2 aromatic rings. The Labute approximate surface area is 212 Å². The molecular weight excluding hydrogens is 497 g/mol. The van der Waals surface area contributed by atoms with E-state index in [2.05, 4.69) is 5.32 Å². The number of carbonyl (C=O) groups is 2. The summed E-state index contributed by atoms with van der Waals surface area (Å²) in [6.07, 6.45) is 1.38. The molecule has 34 heavy (non-hydrogen) atoms. The van der Waals surface area contributed by atoms with E-state index in [4.69, 9.17) is 23.2 Å². The van der Waals surface area contributed by atoms with E-state index >= 15 is 0 Å². The summed E-state index contributed by atoms with van der Waals surface area (Å²) in [5.74, 6) is -0.595. The average Bonchev–Trinajstić information content (AvgIpc) is 2.76. The molecule has 10 heteroatoms. The fraction of sp³-hybridized carbons (Fsp3) is 0.417. The molecule has 1 atom stereocenters. The molecule has 0 aromatic heterocycles. The van der Waals surface area contributed by atoms with Crippen molar-refractivity contribution in [2.24, 2.45) is 5.92 Å². The Morgan fingerprint density at radius 2 is 1.71 bits per heavy atom. The number of halogens is 2. The van der Waals surface area contributed by atoms with Crippen LogP contribution >= 0.6 is 23.2 Å². The van der Waals surface area contributed by atoms with Crippen LogP contribution in [0.1, 0.15) is 32.8 Å². The molecule has 0 unspecified atom stereocenters. The molecule has 2 rings (SSSR count). The van der Waals surface area contributed by atoms with Crippen molar-refractivity contribution < 1.29 is 18.0 Å². The van der Waals surface area contributed by atoms with Crippen molar-refractivity contribution in [1.29, 1.82) is 0 Å². The molecular formula is C24H31Cl2N3O4S. The van der Waals surface area contributed by atoms with Gasteiger partial charge in [0, 0.05) is 23.1 Å². The van der Waals surface area contributed by atoms with Gasteiger partial charge in [-0.25, -0.2) is 8.42 Å². The Hall–Kier alpha value is -2.29. The van der Waals surface area contributed by atoms with Crippen LogP contribution < -0.4 is 9.62 Å². The third-order valence-corrected chi connectivity index (χ3v) is 6.88. The lowest BCUT2D eigenvalue weighted by molar-refractivity contribution is -0.140. The predicted molar refractivity (Wildman–Crippen MR) is 138 cm³/mol. The van der Waals surface area contributed by atoms with E-state index in [9.17, 15) is 18.0 Å².